The smallest absolute Gasteiger partial charge is 0.287 e. The van der Waals surface area contributed by atoms with Crippen molar-refractivity contribution in [3.8, 4) is 0 Å². The van der Waals surface area contributed by atoms with Gasteiger partial charge in [0.05, 0.1) is 12.8 Å². The predicted molar refractivity (Wildman–Crippen MR) is 112 cm³/mol. The van der Waals surface area contributed by atoms with Crippen molar-refractivity contribution in [2.24, 2.45) is 4.99 Å². The van der Waals surface area contributed by atoms with Crippen LogP contribution in [-0.2, 0) is 11.3 Å². The number of benzene rings is 1. The molecular formula is C21H27N5O3. The Bertz CT molecular complexity index is 831. The zero-order chi connectivity index (χ0) is 20.5. The van der Waals surface area contributed by atoms with Gasteiger partial charge in [0.1, 0.15) is 0 Å². The Morgan fingerprint density at radius 1 is 1.14 bits per heavy atom. The molecule has 3 rings (SSSR count). The molecule has 1 fully saturated rings. The van der Waals surface area contributed by atoms with E-state index >= 15 is 0 Å². The van der Waals surface area contributed by atoms with E-state index in [4.69, 9.17) is 4.42 Å². The fraction of sp³-hybridized carbons (Fsp3) is 0.381. The minimum absolute atomic E-state index is 0.188. The highest BCUT2D eigenvalue weighted by molar-refractivity contribution is 5.95. The number of furan rings is 1. The average molecular weight is 397 g/mol. The van der Waals surface area contributed by atoms with Gasteiger partial charge in [0.15, 0.2) is 11.7 Å². The first kappa shape index (κ1) is 20.4. The van der Waals surface area contributed by atoms with Gasteiger partial charge in [-0.2, -0.15) is 0 Å². The van der Waals surface area contributed by atoms with Crippen molar-refractivity contribution in [2.45, 2.75) is 26.3 Å². The summed E-state index contributed by atoms with van der Waals surface area (Å²) in [7, 11) is 0. The maximum absolute atomic E-state index is 11.8. The SMILES string of the molecule is CCNC(=NCc1ccc(N2CCCC2=O)cc1)NCCNC(=O)c1ccco1. The lowest BCUT2D eigenvalue weighted by Gasteiger charge is -2.16. The summed E-state index contributed by atoms with van der Waals surface area (Å²) in [6, 6.07) is 11.2. The van der Waals surface area contributed by atoms with E-state index in [1.54, 1.807) is 12.1 Å². The zero-order valence-corrected chi connectivity index (χ0v) is 16.6. The summed E-state index contributed by atoms with van der Waals surface area (Å²) in [6.07, 6.45) is 3.02. The van der Waals surface area contributed by atoms with Gasteiger partial charge < -0.3 is 25.3 Å². The van der Waals surface area contributed by atoms with E-state index in [9.17, 15) is 9.59 Å². The summed E-state index contributed by atoms with van der Waals surface area (Å²) < 4.78 is 5.06. The molecule has 0 aliphatic carbocycles. The Balaban J connectivity index is 1.47. The molecule has 1 aromatic heterocycles. The Morgan fingerprint density at radius 3 is 2.59 bits per heavy atom. The summed E-state index contributed by atoms with van der Waals surface area (Å²) in [5, 5.41) is 9.16. The molecule has 3 N–H and O–H groups in total. The number of carbonyl (C=O) groups is 2. The topological polar surface area (TPSA) is 99.0 Å². The molecule has 2 aromatic rings. The summed E-state index contributed by atoms with van der Waals surface area (Å²) in [5.74, 6) is 0.923. The Morgan fingerprint density at radius 2 is 1.93 bits per heavy atom. The first-order valence-corrected chi connectivity index (χ1v) is 9.90. The van der Waals surface area contributed by atoms with Crippen LogP contribution in [0, 0.1) is 0 Å². The largest absolute Gasteiger partial charge is 0.459 e. The molecule has 0 unspecified atom stereocenters. The van der Waals surface area contributed by atoms with Crippen LogP contribution in [0.25, 0.3) is 0 Å². The molecule has 29 heavy (non-hydrogen) atoms. The van der Waals surface area contributed by atoms with Crippen LogP contribution in [0.2, 0.25) is 0 Å². The van der Waals surface area contributed by atoms with E-state index in [0.29, 0.717) is 37.8 Å². The van der Waals surface area contributed by atoms with E-state index in [-0.39, 0.29) is 11.8 Å². The molecule has 1 aliphatic heterocycles. The molecule has 0 atom stereocenters. The van der Waals surface area contributed by atoms with Gasteiger partial charge in [-0.25, -0.2) is 4.99 Å². The number of rotatable bonds is 8. The van der Waals surface area contributed by atoms with Gasteiger partial charge in [0.2, 0.25) is 5.91 Å². The van der Waals surface area contributed by atoms with E-state index in [1.165, 1.54) is 6.26 Å². The second kappa shape index (κ2) is 10.3. The normalized spacial score (nSPS) is 14.2. The van der Waals surface area contributed by atoms with Gasteiger partial charge in [-0.15, -0.1) is 0 Å². The quantitative estimate of drug-likeness (QED) is 0.359. The van der Waals surface area contributed by atoms with Crippen LogP contribution in [-0.4, -0.2) is 44.0 Å². The van der Waals surface area contributed by atoms with Crippen molar-refractivity contribution >= 4 is 23.5 Å². The molecule has 154 valence electrons. The number of guanidine groups is 1. The maximum Gasteiger partial charge on any atom is 0.287 e. The minimum atomic E-state index is -0.240. The molecule has 0 spiro atoms. The van der Waals surface area contributed by atoms with Gasteiger partial charge in [0.25, 0.3) is 5.91 Å². The third-order valence-corrected chi connectivity index (χ3v) is 4.53. The summed E-state index contributed by atoms with van der Waals surface area (Å²) >= 11 is 0. The highest BCUT2D eigenvalue weighted by Gasteiger charge is 2.21. The molecule has 2 heterocycles. The predicted octanol–water partition coefficient (Wildman–Crippen LogP) is 1.89. The zero-order valence-electron chi connectivity index (χ0n) is 16.6. The molecule has 1 aliphatic rings. The van der Waals surface area contributed by atoms with Gasteiger partial charge in [-0.3, -0.25) is 9.59 Å². The van der Waals surface area contributed by atoms with E-state index < -0.39 is 0 Å². The Labute approximate surface area is 170 Å². The Hall–Kier alpha value is -3.29. The highest BCUT2D eigenvalue weighted by Crippen LogP contribution is 2.21. The lowest BCUT2D eigenvalue weighted by molar-refractivity contribution is -0.117. The van der Waals surface area contributed by atoms with Gasteiger partial charge >= 0.3 is 0 Å². The van der Waals surface area contributed by atoms with Crippen LogP contribution >= 0.6 is 0 Å². The molecule has 1 aromatic carbocycles. The van der Waals surface area contributed by atoms with Gasteiger partial charge in [0, 0.05) is 38.3 Å². The van der Waals surface area contributed by atoms with Crippen molar-refractivity contribution < 1.29 is 14.0 Å². The van der Waals surface area contributed by atoms with Crippen molar-refractivity contribution in [2.75, 3.05) is 31.1 Å². The number of amides is 2. The summed E-state index contributed by atoms with van der Waals surface area (Å²) in [4.78, 5) is 30.1. The van der Waals surface area contributed by atoms with Crippen LogP contribution in [0.5, 0.6) is 0 Å². The van der Waals surface area contributed by atoms with Crippen molar-refractivity contribution in [3.63, 3.8) is 0 Å². The first-order chi connectivity index (χ1) is 14.2. The first-order valence-electron chi connectivity index (χ1n) is 9.90. The fourth-order valence-electron chi connectivity index (χ4n) is 3.07. The highest BCUT2D eigenvalue weighted by atomic mass is 16.3. The summed E-state index contributed by atoms with van der Waals surface area (Å²) in [5.41, 5.74) is 2.00. The van der Waals surface area contributed by atoms with Crippen molar-refractivity contribution in [1.82, 2.24) is 16.0 Å². The molecular weight excluding hydrogens is 370 g/mol. The molecule has 1 saturated heterocycles. The van der Waals surface area contributed by atoms with Gasteiger partial charge in [-0.05, 0) is 43.2 Å². The van der Waals surface area contributed by atoms with E-state index in [2.05, 4.69) is 20.9 Å². The second-order valence-electron chi connectivity index (χ2n) is 6.67. The monoisotopic (exact) mass is 397 g/mol. The van der Waals surface area contributed by atoms with Gasteiger partial charge in [-0.1, -0.05) is 12.1 Å². The fourth-order valence-corrected chi connectivity index (χ4v) is 3.07. The summed E-state index contributed by atoms with van der Waals surface area (Å²) in [6.45, 7) is 5.03. The van der Waals surface area contributed by atoms with Crippen molar-refractivity contribution in [1.29, 1.82) is 0 Å². The second-order valence-corrected chi connectivity index (χ2v) is 6.67. The molecule has 0 saturated carbocycles. The number of hydrogen-bond acceptors (Lipinski definition) is 4. The third kappa shape index (κ3) is 5.84. The lowest BCUT2D eigenvalue weighted by atomic mass is 10.2. The van der Waals surface area contributed by atoms with E-state index in [0.717, 1.165) is 30.8 Å². The average Bonchev–Trinajstić information content (AvgIpc) is 3.41. The lowest BCUT2D eigenvalue weighted by Crippen LogP contribution is -2.41. The number of anilines is 1. The molecule has 0 bridgehead atoms. The molecule has 8 heteroatoms. The van der Waals surface area contributed by atoms with Crippen LogP contribution in [0.1, 0.15) is 35.9 Å². The number of nitrogens with zero attached hydrogens (tertiary/aromatic N) is 2. The standard InChI is InChI=1S/C21H27N5O3/c1-2-22-21(24-12-11-23-20(28)18-5-4-14-29-18)25-15-16-7-9-17(10-8-16)26-13-3-6-19(26)27/h4-5,7-10,14H,2-3,6,11-13,15H2,1H3,(H,23,28)(H2,22,24,25). The third-order valence-electron chi connectivity index (χ3n) is 4.53. The van der Waals surface area contributed by atoms with E-state index in [1.807, 2.05) is 36.1 Å². The number of carbonyl (C=O) groups excluding carboxylic acids is 2. The number of aliphatic imine (C=N–C) groups is 1. The number of hydrogen-bond donors (Lipinski definition) is 3. The Kier molecular flexibility index (Phi) is 7.27. The van der Waals surface area contributed by atoms with Crippen LogP contribution < -0.4 is 20.9 Å². The molecule has 8 nitrogen and oxygen atoms in total. The maximum atomic E-state index is 11.8. The molecule has 0 radical (unpaired) electrons. The molecule has 2 amide bonds. The number of nitrogens with one attached hydrogen (secondary N) is 3. The van der Waals surface area contributed by atoms with Crippen molar-refractivity contribution in [3.05, 3.63) is 54.0 Å². The van der Waals surface area contributed by atoms with Crippen LogP contribution in [0.3, 0.4) is 0 Å². The minimum Gasteiger partial charge on any atom is -0.459 e. The van der Waals surface area contributed by atoms with Crippen LogP contribution in [0.15, 0.2) is 52.1 Å². The van der Waals surface area contributed by atoms with Crippen LogP contribution in [0.4, 0.5) is 5.69 Å².